The molecule has 1 amide bonds. The van der Waals surface area contributed by atoms with Gasteiger partial charge in [0.25, 0.3) is 0 Å². The van der Waals surface area contributed by atoms with E-state index < -0.39 is 12.1 Å². The summed E-state index contributed by atoms with van der Waals surface area (Å²) in [5.41, 5.74) is 2.39. The second-order valence-corrected chi connectivity index (χ2v) is 8.25. The topological polar surface area (TPSA) is 76.7 Å². The monoisotopic (exact) mass is 408 g/mol. The molecule has 2 aromatic rings. The smallest absolute Gasteiger partial charge is 0.331 e. The molecule has 2 N–H and O–H groups in total. The van der Waals surface area contributed by atoms with Gasteiger partial charge in [0.1, 0.15) is 18.5 Å². The number of hydrogen-bond acceptors (Lipinski definition) is 5. The van der Waals surface area contributed by atoms with E-state index in [1.54, 1.807) is 6.08 Å². The Morgan fingerprint density at radius 3 is 2.67 bits per heavy atom. The second kappa shape index (κ2) is 9.59. The molecular weight excluding hydrogens is 380 g/mol. The Labute approximate surface area is 177 Å². The lowest BCUT2D eigenvalue weighted by molar-refractivity contribution is -0.144. The van der Waals surface area contributed by atoms with Gasteiger partial charge >= 0.3 is 5.97 Å². The van der Waals surface area contributed by atoms with Crippen LogP contribution in [-0.2, 0) is 20.7 Å². The van der Waals surface area contributed by atoms with Gasteiger partial charge in [-0.25, -0.2) is 4.79 Å². The van der Waals surface area contributed by atoms with Crippen LogP contribution in [-0.4, -0.2) is 36.7 Å². The number of esters is 1. The number of fused-ring (bicyclic) bond motifs is 1. The molecule has 0 aliphatic carbocycles. The molecule has 2 aromatic carbocycles. The van der Waals surface area contributed by atoms with Crippen LogP contribution in [0.4, 0.5) is 5.69 Å². The third kappa shape index (κ3) is 6.46. The largest absolute Gasteiger partial charge is 0.489 e. The van der Waals surface area contributed by atoms with Gasteiger partial charge in [0.05, 0.1) is 6.42 Å². The molecule has 30 heavy (non-hydrogen) atoms. The molecule has 6 heteroatoms. The maximum Gasteiger partial charge on any atom is 0.331 e. The second-order valence-electron chi connectivity index (χ2n) is 8.25. The van der Waals surface area contributed by atoms with Crippen molar-refractivity contribution >= 4 is 23.6 Å². The molecule has 1 unspecified atom stereocenters. The maximum absolute atomic E-state index is 12.3. The van der Waals surface area contributed by atoms with E-state index in [-0.39, 0.29) is 24.5 Å². The highest BCUT2D eigenvalue weighted by atomic mass is 16.6. The summed E-state index contributed by atoms with van der Waals surface area (Å²) >= 11 is 0. The minimum Gasteiger partial charge on any atom is -0.489 e. The summed E-state index contributed by atoms with van der Waals surface area (Å²) in [5, 5.41) is 6.16. The molecule has 3 rings (SSSR count). The van der Waals surface area contributed by atoms with Gasteiger partial charge in [0.2, 0.25) is 5.91 Å². The van der Waals surface area contributed by atoms with Crippen LogP contribution >= 0.6 is 0 Å². The molecule has 1 heterocycles. The first-order valence-electron chi connectivity index (χ1n) is 10.0. The Kier molecular flexibility index (Phi) is 6.90. The summed E-state index contributed by atoms with van der Waals surface area (Å²) < 4.78 is 11.6. The van der Waals surface area contributed by atoms with Crippen LogP contribution in [0.5, 0.6) is 5.75 Å². The van der Waals surface area contributed by atoms with Crippen LogP contribution in [0.2, 0.25) is 0 Å². The van der Waals surface area contributed by atoms with Crippen molar-refractivity contribution in [3.05, 3.63) is 65.7 Å². The molecule has 6 nitrogen and oxygen atoms in total. The average molecular weight is 408 g/mol. The Hall–Kier alpha value is -3.12. The molecule has 1 aliphatic heterocycles. The zero-order chi connectivity index (χ0) is 21.6. The van der Waals surface area contributed by atoms with Crippen LogP contribution in [0, 0.1) is 0 Å². The summed E-state index contributed by atoms with van der Waals surface area (Å²) in [6.45, 7) is 6.76. The SMILES string of the molecule is CC(C)(C)NCC(COc1cccc2c1CC(=O)N2)OC(=O)C=Cc1ccccc1. The first-order valence-corrected chi connectivity index (χ1v) is 10.0. The van der Waals surface area contributed by atoms with E-state index in [1.807, 2.05) is 69.3 Å². The van der Waals surface area contributed by atoms with Crippen molar-refractivity contribution in [2.75, 3.05) is 18.5 Å². The number of amides is 1. The molecular formula is C24H28N2O4. The lowest BCUT2D eigenvalue weighted by atomic mass is 10.1. The van der Waals surface area contributed by atoms with Crippen LogP contribution in [0.1, 0.15) is 31.9 Å². The highest BCUT2D eigenvalue weighted by Gasteiger charge is 2.23. The third-order valence-electron chi connectivity index (χ3n) is 4.52. The number of hydrogen-bond donors (Lipinski definition) is 2. The third-order valence-corrected chi connectivity index (χ3v) is 4.52. The maximum atomic E-state index is 12.3. The predicted octanol–water partition coefficient (Wildman–Crippen LogP) is 3.57. The van der Waals surface area contributed by atoms with E-state index in [1.165, 1.54) is 6.08 Å². The Bertz CT molecular complexity index is 917. The number of carbonyl (C=O) groups excluding carboxylic acids is 2. The summed E-state index contributed by atoms with van der Waals surface area (Å²) in [6, 6.07) is 15.1. The van der Waals surface area contributed by atoms with Crippen molar-refractivity contribution in [2.24, 2.45) is 0 Å². The fourth-order valence-corrected chi connectivity index (χ4v) is 3.02. The minimum absolute atomic E-state index is 0.0514. The summed E-state index contributed by atoms with van der Waals surface area (Å²) in [6.07, 6.45) is 2.94. The number of nitrogens with one attached hydrogen (secondary N) is 2. The van der Waals surface area contributed by atoms with Crippen molar-refractivity contribution < 1.29 is 19.1 Å². The summed E-state index contributed by atoms with van der Waals surface area (Å²) in [5.74, 6) is 0.144. The predicted molar refractivity (Wildman–Crippen MR) is 117 cm³/mol. The number of rotatable bonds is 8. The van der Waals surface area contributed by atoms with E-state index in [9.17, 15) is 9.59 Å². The van der Waals surface area contributed by atoms with Crippen molar-refractivity contribution in [1.82, 2.24) is 5.32 Å². The van der Waals surface area contributed by atoms with Crippen LogP contribution < -0.4 is 15.4 Å². The molecule has 0 bridgehead atoms. The highest BCUT2D eigenvalue weighted by molar-refractivity contribution is 6.00. The van der Waals surface area contributed by atoms with Crippen molar-refractivity contribution in [3.63, 3.8) is 0 Å². The number of ether oxygens (including phenoxy) is 2. The van der Waals surface area contributed by atoms with Gasteiger partial charge in [-0.1, -0.05) is 36.4 Å². The molecule has 0 radical (unpaired) electrons. The summed E-state index contributed by atoms with van der Waals surface area (Å²) in [7, 11) is 0. The lowest BCUT2D eigenvalue weighted by Gasteiger charge is -2.25. The fourth-order valence-electron chi connectivity index (χ4n) is 3.02. The molecule has 0 saturated heterocycles. The normalized spacial score (nSPS) is 14.3. The average Bonchev–Trinajstić information content (AvgIpc) is 3.09. The van der Waals surface area contributed by atoms with Gasteiger partial charge in [-0.3, -0.25) is 4.79 Å². The van der Waals surface area contributed by atoms with Crippen LogP contribution in [0.15, 0.2) is 54.6 Å². The minimum atomic E-state index is -0.488. The molecule has 0 spiro atoms. The molecule has 0 fully saturated rings. The van der Waals surface area contributed by atoms with E-state index in [0.717, 1.165) is 16.8 Å². The van der Waals surface area contributed by atoms with Gasteiger partial charge < -0.3 is 20.1 Å². The van der Waals surface area contributed by atoms with Gasteiger partial charge in [-0.05, 0) is 44.5 Å². The molecule has 1 atom stereocenters. The fraction of sp³-hybridized carbons (Fsp3) is 0.333. The highest BCUT2D eigenvalue weighted by Crippen LogP contribution is 2.31. The lowest BCUT2D eigenvalue weighted by Crippen LogP contribution is -2.44. The van der Waals surface area contributed by atoms with Gasteiger partial charge in [-0.2, -0.15) is 0 Å². The van der Waals surface area contributed by atoms with E-state index in [4.69, 9.17) is 9.47 Å². The van der Waals surface area contributed by atoms with Gasteiger partial charge in [0, 0.05) is 29.4 Å². The Balaban J connectivity index is 1.64. The first-order chi connectivity index (χ1) is 14.3. The zero-order valence-corrected chi connectivity index (χ0v) is 17.6. The van der Waals surface area contributed by atoms with Gasteiger partial charge in [0.15, 0.2) is 0 Å². The zero-order valence-electron chi connectivity index (χ0n) is 17.6. The number of carbonyl (C=O) groups is 2. The van der Waals surface area contributed by atoms with E-state index >= 15 is 0 Å². The number of benzene rings is 2. The van der Waals surface area contributed by atoms with Crippen LogP contribution in [0.3, 0.4) is 0 Å². The van der Waals surface area contributed by atoms with Crippen molar-refractivity contribution in [3.8, 4) is 5.75 Å². The number of anilines is 1. The Morgan fingerprint density at radius 1 is 1.17 bits per heavy atom. The quantitative estimate of drug-likeness (QED) is 0.516. The molecule has 0 saturated carbocycles. The van der Waals surface area contributed by atoms with Crippen LogP contribution in [0.25, 0.3) is 6.08 Å². The van der Waals surface area contributed by atoms with E-state index in [2.05, 4.69) is 10.6 Å². The molecule has 1 aliphatic rings. The van der Waals surface area contributed by atoms with E-state index in [0.29, 0.717) is 12.3 Å². The molecule has 158 valence electrons. The first kappa shape index (κ1) is 21.6. The van der Waals surface area contributed by atoms with Crippen molar-refractivity contribution in [2.45, 2.75) is 38.8 Å². The Morgan fingerprint density at radius 2 is 1.93 bits per heavy atom. The standard InChI is InChI=1S/C24H28N2O4/c1-24(2,3)25-15-18(30-23(28)13-12-17-8-5-4-6-9-17)16-29-21-11-7-10-20-19(21)14-22(27)26-20/h4-13,18,25H,14-16H2,1-3H3,(H,26,27). The van der Waals surface area contributed by atoms with Crippen molar-refractivity contribution in [1.29, 1.82) is 0 Å². The van der Waals surface area contributed by atoms with Gasteiger partial charge in [-0.15, -0.1) is 0 Å². The summed E-state index contributed by atoms with van der Waals surface area (Å²) in [4.78, 5) is 24.0. The molecule has 0 aromatic heterocycles.